The molecule has 1 aliphatic rings. The van der Waals surface area contributed by atoms with Crippen LogP contribution in [0.15, 0.2) is 93.6 Å². The predicted octanol–water partition coefficient (Wildman–Crippen LogP) is 3.58. The molecular weight excluding hydrogens is 597 g/mol. The lowest BCUT2D eigenvalue weighted by Crippen LogP contribution is -2.20. The molecule has 0 saturated heterocycles. The molecule has 4 aromatic rings. The van der Waals surface area contributed by atoms with Crippen LogP contribution in [0.2, 0.25) is 0 Å². The molecule has 1 saturated carbocycles. The number of amides is 2. The second kappa shape index (κ2) is 10.8. The van der Waals surface area contributed by atoms with Gasteiger partial charge in [-0.2, -0.15) is 0 Å². The Bertz CT molecular complexity index is 1640. The van der Waals surface area contributed by atoms with Crippen LogP contribution in [0.3, 0.4) is 0 Å². The van der Waals surface area contributed by atoms with Crippen molar-refractivity contribution in [1.29, 1.82) is 0 Å². The molecule has 1 aliphatic carbocycles. The van der Waals surface area contributed by atoms with E-state index in [0.29, 0.717) is 16.9 Å². The van der Waals surface area contributed by atoms with Gasteiger partial charge >= 0.3 is 0 Å². The number of carbonyl (C=O) groups excluding carboxylic acids is 2. The molecular formula is C24H20N6O6S4. The molecule has 0 aliphatic heterocycles. The number of benzene rings is 2. The van der Waals surface area contributed by atoms with E-state index < -0.39 is 43.7 Å². The molecule has 0 spiro atoms. The second-order valence-electron chi connectivity index (χ2n) is 8.44. The van der Waals surface area contributed by atoms with Gasteiger partial charge in [0.2, 0.25) is 11.8 Å². The van der Waals surface area contributed by atoms with Crippen LogP contribution in [0.1, 0.15) is 0 Å². The van der Waals surface area contributed by atoms with Crippen LogP contribution in [0.4, 0.5) is 21.6 Å². The van der Waals surface area contributed by atoms with Gasteiger partial charge in [0.15, 0.2) is 10.3 Å². The first-order valence-electron chi connectivity index (χ1n) is 11.4. The monoisotopic (exact) mass is 616 g/mol. The quantitative estimate of drug-likeness (QED) is 0.195. The molecule has 1 fully saturated rings. The Morgan fingerprint density at radius 3 is 1.38 bits per heavy atom. The van der Waals surface area contributed by atoms with Crippen LogP contribution >= 0.6 is 22.7 Å². The van der Waals surface area contributed by atoms with Crippen molar-refractivity contribution < 1.29 is 26.4 Å². The number of rotatable bonds is 10. The van der Waals surface area contributed by atoms with E-state index >= 15 is 0 Å². The first kappa shape index (κ1) is 27.4. The molecule has 5 rings (SSSR count). The standard InChI is InChI=1S/C24H20N6O6S4/c1-14-19(21(31)27-15-2-6-17(7-3-15)39(33,34)29-23-25-10-12-37-23)20(14)22(32)28-16-4-8-18(9-5-16)40(35,36)30-24-26-11-13-38-24/h2-13,19-20H,1H2,(H,25,29)(H,26,30)(H,27,31)(H,28,32). The minimum absolute atomic E-state index is 0.00780. The topological polar surface area (TPSA) is 176 Å². The van der Waals surface area contributed by atoms with E-state index in [0.717, 1.165) is 22.7 Å². The molecule has 2 aromatic carbocycles. The second-order valence-corrected chi connectivity index (χ2v) is 13.6. The highest BCUT2D eigenvalue weighted by molar-refractivity contribution is 7.93. The van der Waals surface area contributed by atoms with E-state index in [2.05, 4.69) is 36.6 Å². The highest BCUT2D eigenvalue weighted by Gasteiger charge is 2.52. The molecule has 4 N–H and O–H groups in total. The Morgan fingerprint density at radius 1 is 0.675 bits per heavy atom. The zero-order chi connectivity index (χ0) is 28.5. The van der Waals surface area contributed by atoms with Crippen LogP contribution in [-0.2, 0) is 29.6 Å². The number of anilines is 4. The smallest absolute Gasteiger partial charge is 0.263 e. The molecule has 12 nitrogen and oxygen atoms in total. The van der Waals surface area contributed by atoms with Gasteiger partial charge in [-0.3, -0.25) is 19.0 Å². The lowest BCUT2D eigenvalue weighted by atomic mass is 10.2. The fourth-order valence-corrected chi connectivity index (χ4v) is 7.30. The normalized spacial score (nSPS) is 16.6. The molecule has 40 heavy (non-hydrogen) atoms. The van der Waals surface area contributed by atoms with Crippen molar-refractivity contribution >= 4 is 76.2 Å². The summed E-state index contributed by atoms with van der Waals surface area (Å²) in [6.45, 7) is 3.81. The van der Waals surface area contributed by atoms with Crippen molar-refractivity contribution in [3.8, 4) is 0 Å². The van der Waals surface area contributed by atoms with Gasteiger partial charge in [0.25, 0.3) is 20.0 Å². The summed E-state index contributed by atoms with van der Waals surface area (Å²) in [6, 6.07) is 11.1. The van der Waals surface area contributed by atoms with E-state index in [1.807, 2.05) is 0 Å². The van der Waals surface area contributed by atoms with Gasteiger partial charge in [0.1, 0.15) is 0 Å². The Morgan fingerprint density at radius 2 is 1.05 bits per heavy atom. The van der Waals surface area contributed by atoms with E-state index in [9.17, 15) is 26.4 Å². The van der Waals surface area contributed by atoms with Crippen molar-refractivity contribution in [2.75, 3.05) is 20.1 Å². The SMILES string of the molecule is C=C1C(C(=O)Nc2ccc(S(=O)(=O)Nc3nccs3)cc2)C1C(=O)Nc1ccc(S(=O)(=O)Nc2nccs2)cc1. The lowest BCUT2D eigenvalue weighted by Gasteiger charge is -2.09. The van der Waals surface area contributed by atoms with Crippen LogP contribution in [0.25, 0.3) is 0 Å². The fraction of sp³-hybridized carbons (Fsp3) is 0.0833. The zero-order valence-corrected chi connectivity index (χ0v) is 23.5. The van der Waals surface area contributed by atoms with Crippen molar-refractivity contribution in [3.63, 3.8) is 0 Å². The summed E-state index contributed by atoms with van der Waals surface area (Å²) in [7, 11) is -7.67. The van der Waals surface area contributed by atoms with Gasteiger partial charge < -0.3 is 10.6 Å². The summed E-state index contributed by atoms with van der Waals surface area (Å²) < 4.78 is 54.6. The van der Waals surface area contributed by atoms with E-state index in [1.54, 1.807) is 10.8 Å². The summed E-state index contributed by atoms with van der Waals surface area (Å²) in [5.74, 6) is -2.46. The Kier molecular flexibility index (Phi) is 7.41. The lowest BCUT2D eigenvalue weighted by molar-refractivity contribution is -0.122. The zero-order valence-electron chi connectivity index (χ0n) is 20.3. The summed E-state index contributed by atoms with van der Waals surface area (Å²) in [6.07, 6.45) is 2.96. The van der Waals surface area contributed by atoms with E-state index in [-0.39, 0.29) is 20.1 Å². The third-order valence-electron chi connectivity index (χ3n) is 5.76. The largest absolute Gasteiger partial charge is 0.326 e. The van der Waals surface area contributed by atoms with Crippen molar-refractivity contribution in [2.24, 2.45) is 11.8 Å². The summed E-state index contributed by atoms with van der Waals surface area (Å²) in [5.41, 5.74) is 1.12. The molecule has 0 radical (unpaired) electrons. The molecule has 2 heterocycles. The number of carbonyl (C=O) groups is 2. The summed E-state index contributed by atoms with van der Waals surface area (Å²) >= 11 is 2.29. The summed E-state index contributed by atoms with van der Waals surface area (Å²) in [4.78, 5) is 33.3. The highest BCUT2D eigenvalue weighted by atomic mass is 32.2. The number of nitrogens with one attached hydrogen (secondary N) is 4. The Hall–Kier alpha value is -4.12. The number of thiazole rings is 2. The van der Waals surface area contributed by atoms with E-state index in [1.165, 1.54) is 60.9 Å². The number of sulfonamides is 2. The van der Waals surface area contributed by atoms with Crippen LogP contribution in [0.5, 0.6) is 0 Å². The van der Waals surface area contributed by atoms with Crippen LogP contribution in [0, 0.1) is 11.8 Å². The van der Waals surface area contributed by atoms with E-state index in [4.69, 9.17) is 0 Å². The van der Waals surface area contributed by atoms with Gasteiger partial charge in [-0.1, -0.05) is 12.2 Å². The minimum Gasteiger partial charge on any atom is -0.326 e. The van der Waals surface area contributed by atoms with Gasteiger partial charge in [-0.05, 0) is 48.5 Å². The Labute approximate surface area is 237 Å². The summed E-state index contributed by atoms with van der Waals surface area (Å²) in [5, 5.41) is 9.08. The molecule has 2 amide bonds. The number of nitrogens with zero attached hydrogens (tertiary/aromatic N) is 2. The maximum Gasteiger partial charge on any atom is 0.263 e. The minimum atomic E-state index is -3.83. The molecule has 2 aromatic heterocycles. The van der Waals surface area contributed by atoms with Crippen molar-refractivity contribution in [2.45, 2.75) is 9.79 Å². The maximum absolute atomic E-state index is 12.8. The Balaban J connectivity index is 1.16. The van der Waals surface area contributed by atoms with Crippen molar-refractivity contribution in [3.05, 3.63) is 83.8 Å². The maximum atomic E-state index is 12.8. The number of aromatic nitrogens is 2. The van der Waals surface area contributed by atoms with Gasteiger partial charge in [0.05, 0.1) is 21.6 Å². The molecule has 0 bridgehead atoms. The van der Waals surface area contributed by atoms with Gasteiger partial charge in [-0.25, -0.2) is 26.8 Å². The third kappa shape index (κ3) is 6.04. The number of hydrogen-bond donors (Lipinski definition) is 4. The average Bonchev–Trinajstić information content (AvgIpc) is 3.24. The average molecular weight is 617 g/mol. The number of hydrogen-bond acceptors (Lipinski definition) is 10. The first-order chi connectivity index (χ1) is 19.0. The van der Waals surface area contributed by atoms with Crippen molar-refractivity contribution in [1.82, 2.24) is 9.97 Å². The van der Waals surface area contributed by atoms with Gasteiger partial charge in [-0.15, -0.1) is 22.7 Å². The van der Waals surface area contributed by atoms with Crippen LogP contribution in [-0.4, -0.2) is 38.6 Å². The first-order valence-corrected chi connectivity index (χ1v) is 16.1. The van der Waals surface area contributed by atoms with Gasteiger partial charge in [0, 0.05) is 34.5 Å². The predicted molar refractivity (Wildman–Crippen MR) is 152 cm³/mol. The fourth-order valence-electron chi connectivity index (χ4n) is 3.72. The molecule has 2 atom stereocenters. The third-order valence-corrected chi connectivity index (χ3v) is 10.1. The van der Waals surface area contributed by atoms with Crippen LogP contribution < -0.4 is 20.1 Å². The molecule has 206 valence electrons. The molecule has 2 unspecified atom stereocenters. The highest BCUT2D eigenvalue weighted by Crippen LogP contribution is 2.45. The molecule has 16 heteroatoms.